The summed E-state index contributed by atoms with van der Waals surface area (Å²) >= 11 is 0. The second kappa shape index (κ2) is 6.35. The number of methoxy groups -OCH3 is 1. The van der Waals surface area contributed by atoms with E-state index in [4.69, 9.17) is 4.74 Å². The summed E-state index contributed by atoms with van der Waals surface area (Å²) in [6, 6.07) is 0.487. The molecule has 20 heavy (non-hydrogen) atoms. The fourth-order valence-corrected chi connectivity index (χ4v) is 2.96. The Labute approximate surface area is 121 Å². The van der Waals surface area contributed by atoms with Crippen LogP contribution in [0.1, 0.15) is 42.5 Å². The zero-order valence-electron chi connectivity index (χ0n) is 12.9. The zero-order chi connectivity index (χ0) is 14.7. The molecule has 0 unspecified atom stereocenters. The van der Waals surface area contributed by atoms with Gasteiger partial charge in [0.05, 0.1) is 12.8 Å². The third kappa shape index (κ3) is 3.18. The molecule has 0 aliphatic heterocycles. The number of aromatic nitrogens is 1. The smallest absolute Gasteiger partial charge is 0.133 e. The van der Waals surface area contributed by atoms with Crippen LogP contribution in [0.15, 0.2) is 6.20 Å². The van der Waals surface area contributed by atoms with Crippen LogP contribution >= 0.6 is 0 Å². The van der Waals surface area contributed by atoms with E-state index in [1.165, 1.54) is 0 Å². The Morgan fingerprint density at radius 1 is 1.35 bits per heavy atom. The maximum Gasteiger partial charge on any atom is 0.133 e. The molecule has 0 amide bonds. The van der Waals surface area contributed by atoms with Crippen LogP contribution in [0.2, 0.25) is 0 Å². The van der Waals surface area contributed by atoms with Crippen molar-refractivity contribution in [1.82, 2.24) is 9.88 Å². The van der Waals surface area contributed by atoms with Crippen LogP contribution in [-0.2, 0) is 11.3 Å². The Kier molecular flexibility index (Phi) is 4.76. The van der Waals surface area contributed by atoms with E-state index in [2.05, 4.69) is 23.9 Å². The molecule has 0 atom stereocenters. The van der Waals surface area contributed by atoms with Crippen LogP contribution in [-0.4, -0.2) is 35.9 Å². The summed E-state index contributed by atoms with van der Waals surface area (Å²) in [6.07, 6.45) is 5.26. The lowest BCUT2D eigenvalue weighted by Gasteiger charge is -2.30. The summed E-state index contributed by atoms with van der Waals surface area (Å²) in [5, 5.41) is 0. The van der Waals surface area contributed by atoms with Gasteiger partial charge >= 0.3 is 0 Å². The minimum Gasteiger partial charge on any atom is -0.496 e. The molecule has 110 valence electrons. The first-order valence-electron chi connectivity index (χ1n) is 7.24. The van der Waals surface area contributed by atoms with E-state index in [-0.39, 0.29) is 0 Å². The third-order valence-corrected chi connectivity index (χ3v) is 4.29. The molecule has 1 aliphatic rings. The van der Waals surface area contributed by atoms with Gasteiger partial charge < -0.3 is 4.74 Å². The molecular weight excluding hydrogens is 252 g/mol. The van der Waals surface area contributed by atoms with Crippen molar-refractivity contribution in [2.24, 2.45) is 0 Å². The first-order valence-corrected chi connectivity index (χ1v) is 7.24. The standard InChI is InChI=1S/C16H24N2O2/c1-11-9-17-15(12(2)16(11)20-4)10-18(3)13-5-7-14(19)8-6-13/h9,13H,5-8,10H2,1-4H3. The van der Waals surface area contributed by atoms with E-state index in [1.54, 1.807) is 7.11 Å². The summed E-state index contributed by atoms with van der Waals surface area (Å²) in [5.41, 5.74) is 3.25. The first-order chi connectivity index (χ1) is 9.52. The van der Waals surface area contributed by atoms with E-state index in [0.717, 1.165) is 54.8 Å². The average Bonchev–Trinajstić information content (AvgIpc) is 2.43. The zero-order valence-corrected chi connectivity index (χ0v) is 12.9. The molecular formula is C16H24N2O2. The van der Waals surface area contributed by atoms with Crippen LogP contribution in [0, 0.1) is 13.8 Å². The summed E-state index contributed by atoms with van der Waals surface area (Å²) in [7, 11) is 3.82. The van der Waals surface area contributed by atoms with Crippen LogP contribution in [0.5, 0.6) is 5.75 Å². The molecule has 0 aromatic carbocycles. The van der Waals surface area contributed by atoms with Gasteiger partial charge in [-0.2, -0.15) is 0 Å². The van der Waals surface area contributed by atoms with Crippen LogP contribution in [0.3, 0.4) is 0 Å². The molecule has 0 spiro atoms. The highest BCUT2D eigenvalue weighted by molar-refractivity contribution is 5.79. The topological polar surface area (TPSA) is 42.4 Å². The van der Waals surface area contributed by atoms with Gasteiger partial charge in [-0.3, -0.25) is 14.7 Å². The number of hydrogen-bond acceptors (Lipinski definition) is 4. The number of pyridine rings is 1. The number of hydrogen-bond donors (Lipinski definition) is 0. The monoisotopic (exact) mass is 276 g/mol. The van der Waals surface area contributed by atoms with Crippen LogP contribution < -0.4 is 4.74 Å². The molecule has 1 aliphatic carbocycles. The number of ketones is 1. The second-order valence-electron chi connectivity index (χ2n) is 5.73. The molecule has 1 aromatic heterocycles. The molecule has 0 saturated heterocycles. The summed E-state index contributed by atoms with van der Waals surface area (Å²) in [5.74, 6) is 1.34. The lowest BCUT2D eigenvalue weighted by atomic mass is 9.93. The lowest BCUT2D eigenvalue weighted by molar-refractivity contribution is -0.121. The number of carbonyl (C=O) groups is 1. The lowest BCUT2D eigenvalue weighted by Crippen LogP contribution is -2.35. The molecule has 4 heteroatoms. The quantitative estimate of drug-likeness (QED) is 0.848. The van der Waals surface area contributed by atoms with Crippen molar-refractivity contribution < 1.29 is 9.53 Å². The van der Waals surface area contributed by atoms with Gasteiger partial charge in [-0.1, -0.05) is 0 Å². The van der Waals surface area contributed by atoms with Gasteiger partial charge in [0.15, 0.2) is 0 Å². The van der Waals surface area contributed by atoms with Crippen molar-refractivity contribution in [3.63, 3.8) is 0 Å². The molecule has 2 rings (SSSR count). The van der Waals surface area contributed by atoms with E-state index in [0.29, 0.717) is 11.8 Å². The van der Waals surface area contributed by atoms with Crippen molar-refractivity contribution in [1.29, 1.82) is 0 Å². The average molecular weight is 276 g/mol. The summed E-state index contributed by atoms with van der Waals surface area (Å²) in [4.78, 5) is 18.2. The van der Waals surface area contributed by atoms with Crippen molar-refractivity contribution in [2.45, 2.75) is 52.1 Å². The van der Waals surface area contributed by atoms with E-state index in [1.807, 2.05) is 13.1 Å². The van der Waals surface area contributed by atoms with Gasteiger partial charge in [-0.25, -0.2) is 0 Å². The molecule has 0 bridgehead atoms. The molecule has 4 nitrogen and oxygen atoms in total. The minimum absolute atomic E-state index is 0.404. The number of carbonyl (C=O) groups excluding carboxylic acids is 1. The van der Waals surface area contributed by atoms with E-state index in [9.17, 15) is 4.79 Å². The highest BCUT2D eigenvalue weighted by Crippen LogP contribution is 2.26. The highest BCUT2D eigenvalue weighted by atomic mass is 16.5. The second-order valence-corrected chi connectivity index (χ2v) is 5.73. The number of rotatable bonds is 4. The molecule has 1 fully saturated rings. The number of ether oxygens (including phenoxy) is 1. The van der Waals surface area contributed by atoms with Crippen molar-refractivity contribution in [2.75, 3.05) is 14.2 Å². The Morgan fingerprint density at radius 2 is 2.00 bits per heavy atom. The minimum atomic E-state index is 0.404. The van der Waals surface area contributed by atoms with Gasteiger partial charge in [-0.05, 0) is 33.7 Å². The first kappa shape index (κ1) is 15.0. The highest BCUT2D eigenvalue weighted by Gasteiger charge is 2.23. The largest absolute Gasteiger partial charge is 0.496 e. The number of Topliss-reactive ketones (excluding diaryl/α,β-unsaturated/α-hetero) is 1. The van der Waals surface area contributed by atoms with Gasteiger partial charge in [0.25, 0.3) is 0 Å². The molecule has 1 heterocycles. The summed E-state index contributed by atoms with van der Waals surface area (Å²) in [6.45, 7) is 4.88. The Bertz CT molecular complexity index is 489. The maximum atomic E-state index is 11.3. The predicted octanol–water partition coefficient (Wildman–Crippen LogP) is 2.65. The Morgan fingerprint density at radius 3 is 2.60 bits per heavy atom. The van der Waals surface area contributed by atoms with E-state index < -0.39 is 0 Å². The third-order valence-electron chi connectivity index (χ3n) is 4.29. The fourth-order valence-electron chi connectivity index (χ4n) is 2.96. The van der Waals surface area contributed by atoms with Crippen LogP contribution in [0.25, 0.3) is 0 Å². The SMILES string of the molecule is COc1c(C)cnc(CN(C)C2CCC(=O)CC2)c1C. The predicted molar refractivity (Wildman–Crippen MR) is 79.0 cm³/mol. The van der Waals surface area contributed by atoms with Gasteiger partial charge in [0.2, 0.25) is 0 Å². The van der Waals surface area contributed by atoms with Crippen molar-refractivity contribution in [3.05, 3.63) is 23.0 Å². The fraction of sp³-hybridized carbons (Fsp3) is 0.625. The Hall–Kier alpha value is -1.42. The van der Waals surface area contributed by atoms with Crippen LogP contribution in [0.4, 0.5) is 0 Å². The number of aryl methyl sites for hydroxylation is 1. The van der Waals surface area contributed by atoms with Crippen molar-refractivity contribution in [3.8, 4) is 5.75 Å². The number of nitrogens with zero attached hydrogens (tertiary/aromatic N) is 2. The molecule has 1 saturated carbocycles. The van der Waals surface area contributed by atoms with Gasteiger partial charge in [0.1, 0.15) is 11.5 Å². The molecule has 0 radical (unpaired) electrons. The summed E-state index contributed by atoms with van der Waals surface area (Å²) < 4.78 is 5.45. The van der Waals surface area contributed by atoms with E-state index >= 15 is 0 Å². The molecule has 1 aromatic rings. The maximum absolute atomic E-state index is 11.3. The van der Waals surface area contributed by atoms with Crippen molar-refractivity contribution >= 4 is 5.78 Å². The van der Waals surface area contributed by atoms with Gasteiger partial charge in [-0.15, -0.1) is 0 Å². The molecule has 0 N–H and O–H groups in total. The normalized spacial score (nSPS) is 16.8. The Balaban J connectivity index is 2.08. The van der Waals surface area contributed by atoms with Gasteiger partial charge in [0, 0.05) is 42.8 Å².